The van der Waals surface area contributed by atoms with Crippen LogP contribution in [-0.2, 0) is 16.1 Å². The van der Waals surface area contributed by atoms with Crippen molar-refractivity contribution < 1.29 is 18.7 Å². The van der Waals surface area contributed by atoms with E-state index in [2.05, 4.69) is 5.32 Å². The third-order valence-corrected chi connectivity index (χ3v) is 4.09. The standard InChI is InChI=1S/C20H16ClNO5/c1-12(19(24)22-11-13-5-3-2-4-6-13)26-20(25)18-10-16(23)15-9-14(21)7-8-17(15)27-18/h2-10,12H,11H2,1H3,(H,22,24)/t12-/m0/s1. The van der Waals surface area contributed by atoms with E-state index in [1.807, 2.05) is 30.3 Å². The summed E-state index contributed by atoms with van der Waals surface area (Å²) in [5.41, 5.74) is 0.704. The van der Waals surface area contributed by atoms with Crippen LogP contribution in [0.2, 0.25) is 5.02 Å². The normalized spacial score (nSPS) is 11.8. The number of carbonyl (C=O) groups is 2. The van der Waals surface area contributed by atoms with Crippen LogP contribution in [-0.4, -0.2) is 18.0 Å². The molecule has 3 aromatic rings. The number of hydrogen-bond acceptors (Lipinski definition) is 5. The van der Waals surface area contributed by atoms with E-state index in [1.54, 1.807) is 6.07 Å². The zero-order valence-corrected chi connectivity index (χ0v) is 15.2. The summed E-state index contributed by atoms with van der Waals surface area (Å²) in [6.07, 6.45) is -1.05. The Morgan fingerprint density at radius 3 is 2.63 bits per heavy atom. The van der Waals surface area contributed by atoms with Crippen molar-refractivity contribution in [2.45, 2.75) is 19.6 Å². The molecule has 27 heavy (non-hydrogen) atoms. The van der Waals surface area contributed by atoms with Crippen LogP contribution in [0.3, 0.4) is 0 Å². The van der Waals surface area contributed by atoms with Gasteiger partial charge in [0.05, 0.1) is 5.39 Å². The molecule has 1 aromatic heterocycles. The molecular weight excluding hydrogens is 370 g/mol. The van der Waals surface area contributed by atoms with Gasteiger partial charge in [0.2, 0.25) is 5.76 Å². The molecule has 7 heteroatoms. The van der Waals surface area contributed by atoms with Crippen molar-refractivity contribution in [3.63, 3.8) is 0 Å². The van der Waals surface area contributed by atoms with Crippen LogP contribution in [0.1, 0.15) is 23.0 Å². The van der Waals surface area contributed by atoms with E-state index < -0.39 is 23.4 Å². The molecule has 138 valence electrons. The van der Waals surface area contributed by atoms with E-state index in [9.17, 15) is 14.4 Å². The van der Waals surface area contributed by atoms with E-state index in [4.69, 9.17) is 20.8 Å². The molecule has 1 N–H and O–H groups in total. The van der Waals surface area contributed by atoms with Crippen molar-refractivity contribution in [2.75, 3.05) is 0 Å². The van der Waals surface area contributed by atoms with Gasteiger partial charge in [0.25, 0.3) is 5.91 Å². The van der Waals surface area contributed by atoms with Crippen molar-refractivity contribution in [1.29, 1.82) is 0 Å². The minimum Gasteiger partial charge on any atom is -0.449 e. The second-order valence-electron chi connectivity index (χ2n) is 5.87. The number of fused-ring (bicyclic) bond motifs is 1. The molecule has 0 fully saturated rings. The fraction of sp³-hybridized carbons (Fsp3) is 0.150. The lowest BCUT2D eigenvalue weighted by Crippen LogP contribution is -2.35. The number of rotatable bonds is 5. The minimum absolute atomic E-state index is 0.208. The molecule has 0 spiro atoms. The van der Waals surface area contributed by atoms with Crippen LogP contribution < -0.4 is 10.7 Å². The lowest BCUT2D eigenvalue weighted by atomic mass is 10.2. The highest BCUT2D eigenvalue weighted by atomic mass is 35.5. The maximum Gasteiger partial charge on any atom is 0.375 e. The van der Waals surface area contributed by atoms with Gasteiger partial charge < -0.3 is 14.5 Å². The minimum atomic E-state index is -1.05. The first-order chi connectivity index (χ1) is 12.9. The van der Waals surface area contributed by atoms with E-state index in [-0.39, 0.29) is 16.7 Å². The van der Waals surface area contributed by atoms with E-state index in [0.717, 1.165) is 11.6 Å². The number of benzene rings is 2. The number of halogens is 1. The van der Waals surface area contributed by atoms with Gasteiger partial charge in [-0.05, 0) is 30.7 Å². The molecule has 0 unspecified atom stereocenters. The third kappa shape index (κ3) is 4.54. The summed E-state index contributed by atoms with van der Waals surface area (Å²) in [4.78, 5) is 36.5. The van der Waals surface area contributed by atoms with Gasteiger partial charge in [-0.25, -0.2) is 4.79 Å². The summed E-state index contributed by atoms with van der Waals surface area (Å²) < 4.78 is 10.5. The van der Waals surface area contributed by atoms with Crippen molar-refractivity contribution >= 4 is 34.4 Å². The highest BCUT2D eigenvalue weighted by molar-refractivity contribution is 6.31. The topological polar surface area (TPSA) is 85.6 Å². The SMILES string of the molecule is C[C@H](OC(=O)c1cc(=O)c2cc(Cl)ccc2o1)C(=O)NCc1ccccc1. The van der Waals surface area contributed by atoms with Gasteiger partial charge in [0.1, 0.15) is 5.58 Å². The molecule has 6 nitrogen and oxygen atoms in total. The molecule has 0 bridgehead atoms. The van der Waals surface area contributed by atoms with Crippen molar-refractivity contribution in [3.8, 4) is 0 Å². The molecule has 0 radical (unpaired) electrons. The average Bonchev–Trinajstić information content (AvgIpc) is 2.67. The molecule has 3 rings (SSSR count). The number of hydrogen-bond donors (Lipinski definition) is 1. The Morgan fingerprint density at radius 1 is 1.15 bits per heavy atom. The first-order valence-corrected chi connectivity index (χ1v) is 8.58. The van der Waals surface area contributed by atoms with Crippen LogP contribution in [0.15, 0.2) is 63.8 Å². The highest BCUT2D eigenvalue weighted by Gasteiger charge is 2.21. The molecule has 1 heterocycles. The molecule has 1 atom stereocenters. The van der Waals surface area contributed by atoms with Crippen molar-refractivity contribution in [2.24, 2.45) is 0 Å². The molecule has 0 aliphatic heterocycles. The van der Waals surface area contributed by atoms with Gasteiger partial charge in [0, 0.05) is 17.6 Å². The Morgan fingerprint density at radius 2 is 1.89 bits per heavy atom. The Hall–Kier alpha value is -3.12. The molecule has 0 saturated heterocycles. The monoisotopic (exact) mass is 385 g/mol. The van der Waals surface area contributed by atoms with Crippen LogP contribution in [0.5, 0.6) is 0 Å². The zero-order valence-electron chi connectivity index (χ0n) is 14.4. The number of esters is 1. The van der Waals surface area contributed by atoms with Gasteiger partial charge in [-0.15, -0.1) is 0 Å². The second-order valence-corrected chi connectivity index (χ2v) is 6.30. The van der Waals surface area contributed by atoms with Gasteiger partial charge in [0.15, 0.2) is 11.5 Å². The predicted molar refractivity (Wildman–Crippen MR) is 101 cm³/mol. The summed E-state index contributed by atoms with van der Waals surface area (Å²) in [5.74, 6) is -1.63. The van der Waals surface area contributed by atoms with E-state index >= 15 is 0 Å². The number of nitrogens with one attached hydrogen (secondary N) is 1. The van der Waals surface area contributed by atoms with Gasteiger partial charge in [-0.1, -0.05) is 41.9 Å². The molecule has 0 aliphatic carbocycles. The first kappa shape index (κ1) is 18.7. The lowest BCUT2D eigenvalue weighted by molar-refractivity contribution is -0.129. The Kier molecular flexibility index (Phi) is 5.57. The largest absolute Gasteiger partial charge is 0.449 e. The molecule has 2 aromatic carbocycles. The molecule has 0 aliphatic rings. The first-order valence-electron chi connectivity index (χ1n) is 8.20. The van der Waals surface area contributed by atoms with Crippen LogP contribution in [0.4, 0.5) is 0 Å². The molecule has 0 saturated carbocycles. The van der Waals surface area contributed by atoms with Crippen LogP contribution in [0.25, 0.3) is 11.0 Å². The summed E-state index contributed by atoms with van der Waals surface area (Å²) >= 11 is 5.85. The highest BCUT2D eigenvalue weighted by Crippen LogP contribution is 2.18. The third-order valence-electron chi connectivity index (χ3n) is 3.85. The maximum absolute atomic E-state index is 12.2. The van der Waals surface area contributed by atoms with Gasteiger partial charge in [-0.3, -0.25) is 9.59 Å². The van der Waals surface area contributed by atoms with Gasteiger partial charge in [-0.2, -0.15) is 0 Å². The molecular formula is C20H16ClNO5. The van der Waals surface area contributed by atoms with Crippen molar-refractivity contribution in [1.82, 2.24) is 5.32 Å². The van der Waals surface area contributed by atoms with Crippen molar-refractivity contribution in [3.05, 3.63) is 81.2 Å². The summed E-state index contributed by atoms with van der Waals surface area (Å²) in [7, 11) is 0. The van der Waals surface area contributed by atoms with Gasteiger partial charge >= 0.3 is 5.97 Å². The number of carbonyl (C=O) groups excluding carboxylic acids is 2. The Bertz CT molecular complexity index is 1050. The van der Waals surface area contributed by atoms with Crippen LogP contribution >= 0.6 is 11.6 Å². The van der Waals surface area contributed by atoms with E-state index in [0.29, 0.717) is 11.6 Å². The lowest BCUT2D eigenvalue weighted by Gasteiger charge is -2.13. The zero-order chi connectivity index (χ0) is 19.4. The second kappa shape index (κ2) is 8.05. The summed E-state index contributed by atoms with van der Waals surface area (Å²) in [6, 6.07) is 14.8. The maximum atomic E-state index is 12.2. The van der Waals surface area contributed by atoms with Crippen LogP contribution in [0, 0.1) is 0 Å². The number of amides is 1. The predicted octanol–water partition coefficient (Wildman–Crippen LogP) is 3.31. The quantitative estimate of drug-likeness (QED) is 0.681. The summed E-state index contributed by atoms with van der Waals surface area (Å²) in [6.45, 7) is 1.75. The smallest absolute Gasteiger partial charge is 0.375 e. The fourth-order valence-electron chi connectivity index (χ4n) is 2.43. The van der Waals surface area contributed by atoms with E-state index in [1.165, 1.54) is 19.1 Å². The number of ether oxygens (including phenoxy) is 1. The Balaban J connectivity index is 1.67. The Labute approximate surface area is 159 Å². The average molecular weight is 386 g/mol. The molecule has 1 amide bonds. The summed E-state index contributed by atoms with van der Waals surface area (Å²) in [5, 5.41) is 3.32. The fourth-order valence-corrected chi connectivity index (χ4v) is 2.60.